The van der Waals surface area contributed by atoms with Crippen LogP contribution in [-0.4, -0.2) is 57.1 Å². The van der Waals surface area contributed by atoms with E-state index in [1.54, 1.807) is 54.6 Å². The van der Waals surface area contributed by atoms with Crippen LogP contribution in [-0.2, 0) is 32.6 Å². The Kier molecular flexibility index (Phi) is 13.6. The number of rotatable bonds is 16. The Morgan fingerprint density at radius 3 is 2.21 bits per heavy atom. The second-order valence-electron chi connectivity index (χ2n) is 10.9. The molecule has 0 fully saturated rings. The summed E-state index contributed by atoms with van der Waals surface area (Å²) in [7, 11) is -4.25. The Labute approximate surface area is 297 Å². The Morgan fingerprint density at radius 1 is 0.917 bits per heavy atom. The summed E-state index contributed by atoms with van der Waals surface area (Å²) in [5.74, 6) is -0.391. The van der Waals surface area contributed by atoms with Crippen LogP contribution in [0.25, 0.3) is 0 Å². The lowest BCUT2D eigenvalue weighted by atomic mass is 10.0. The van der Waals surface area contributed by atoms with Crippen molar-refractivity contribution in [3.8, 4) is 5.75 Å². The predicted octanol–water partition coefficient (Wildman–Crippen LogP) is 7.48. The molecule has 4 aromatic rings. The highest BCUT2D eigenvalue weighted by atomic mass is 35.5. The zero-order chi connectivity index (χ0) is 34.7. The Balaban J connectivity index is 1.81. The number of nitrogens with one attached hydrogen (secondary N) is 1. The fourth-order valence-corrected chi connectivity index (χ4v) is 7.32. The van der Waals surface area contributed by atoms with E-state index in [4.69, 9.17) is 27.9 Å². The largest absolute Gasteiger partial charge is 0.494 e. The molecular weight excluding hydrogens is 689 g/mol. The van der Waals surface area contributed by atoms with E-state index in [1.165, 1.54) is 28.8 Å². The summed E-state index contributed by atoms with van der Waals surface area (Å²) >= 11 is 14.2. The Bertz CT molecular complexity index is 1770. The fourth-order valence-electron chi connectivity index (χ4n) is 5.03. The van der Waals surface area contributed by atoms with Crippen molar-refractivity contribution in [1.82, 2.24) is 10.2 Å². The summed E-state index contributed by atoms with van der Waals surface area (Å²) in [6.07, 6.45) is 2.79. The van der Waals surface area contributed by atoms with E-state index < -0.39 is 28.5 Å². The first kappa shape index (κ1) is 37.1. The minimum atomic E-state index is -4.25. The van der Waals surface area contributed by atoms with Gasteiger partial charge in [-0.2, -0.15) is 0 Å². The molecule has 0 saturated heterocycles. The lowest BCUT2D eigenvalue weighted by Crippen LogP contribution is -2.53. The van der Waals surface area contributed by atoms with Crippen molar-refractivity contribution in [3.63, 3.8) is 0 Å². The lowest BCUT2D eigenvalue weighted by molar-refractivity contribution is -0.140. The molecule has 0 bridgehead atoms. The third-order valence-corrected chi connectivity index (χ3v) is 10.7. The minimum absolute atomic E-state index is 0.0239. The SMILES string of the molecule is CCCNC(=O)[C@H](Cc1ccccc1)N(Cc1ccc(Cl)cc1Cl)C(=O)CN(c1ccc(OCC)cc1)S(=O)(=O)c1ccc(SC)cc1. The molecule has 2 amide bonds. The van der Waals surface area contributed by atoms with E-state index in [2.05, 4.69) is 5.32 Å². The first-order valence-electron chi connectivity index (χ1n) is 15.5. The van der Waals surface area contributed by atoms with Gasteiger partial charge < -0.3 is 15.0 Å². The minimum Gasteiger partial charge on any atom is -0.494 e. The quantitative estimate of drug-likeness (QED) is 0.120. The second kappa shape index (κ2) is 17.6. The molecule has 0 saturated carbocycles. The number of anilines is 1. The number of hydrogen-bond acceptors (Lipinski definition) is 6. The Hall–Kier alpha value is -3.70. The van der Waals surface area contributed by atoms with Gasteiger partial charge in [0.1, 0.15) is 18.3 Å². The van der Waals surface area contributed by atoms with Crippen LogP contribution in [0.15, 0.2) is 107 Å². The number of carbonyl (C=O) groups excluding carboxylic acids is 2. The molecule has 48 heavy (non-hydrogen) atoms. The van der Waals surface area contributed by atoms with Crippen LogP contribution in [0.4, 0.5) is 5.69 Å². The molecule has 12 heteroatoms. The molecule has 0 spiro atoms. The number of benzene rings is 4. The van der Waals surface area contributed by atoms with E-state index in [1.807, 2.05) is 50.4 Å². The van der Waals surface area contributed by atoms with Gasteiger partial charge in [0, 0.05) is 34.5 Å². The standard InChI is InChI=1S/C36H39Cl2N3O5S2/c1-4-21-39-36(43)34(22-26-9-7-6-8-10-26)40(24-27-11-12-28(37)23-33(27)38)35(42)25-41(29-13-15-30(16-14-29)46-5-2)48(44,45)32-19-17-31(47-3)18-20-32/h6-20,23,34H,4-5,21-22,24-25H2,1-3H3,(H,39,43)/t34-/m0/s1. The van der Waals surface area contributed by atoms with Crippen LogP contribution < -0.4 is 14.4 Å². The molecule has 0 heterocycles. The molecule has 0 aliphatic rings. The first-order valence-corrected chi connectivity index (χ1v) is 18.9. The number of thioether (sulfide) groups is 1. The topological polar surface area (TPSA) is 96.0 Å². The number of sulfonamides is 1. The Morgan fingerprint density at radius 2 is 1.60 bits per heavy atom. The number of ether oxygens (including phenoxy) is 1. The summed E-state index contributed by atoms with van der Waals surface area (Å²) < 4.78 is 35.2. The molecule has 4 rings (SSSR count). The third kappa shape index (κ3) is 9.69. The van der Waals surface area contributed by atoms with Crippen LogP contribution in [0.1, 0.15) is 31.4 Å². The summed E-state index contributed by atoms with van der Waals surface area (Å²) in [5.41, 5.74) is 1.65. The van der Waals surface area contributed by atoms with Gasteiger partial charge in [-0.3, -0.25) is 13.9 Å². The molecular formula is C36H39Cl2N3O5S2. The zero-order valence-electron chi connectivity index (χ0n) is 27.1. The van der Waals surface area contributed by atoms with Gasteiger partial charge >= 0.3 is 0 Å². The van der Waals surface area contributed by atoms with E-state index in [0.717, 1.165) is 14.8 Å². The highest BCUT2D eigenvalue weighted by Gasteiger charge is 2.35. The highest BCUT2D eigenvalue weighted by molar-refractivity contribution is 7.98. The van der Waals surface area contributed by atoms with Gasteiger partial charge in [0.2, 0.25) is 11.8 Å². The lowest BCUT2D eigenvalue weighted by Gasteiger charge is -2.34. The molecule has 1 atom stereocenters. The van der Waals surface area contributed by atoms with Gasteiger partial charge in [0.15, 0.2) is 0 Å². The normalized spacial score (nSPS) is 11.9. The van der Waals surface area contributed by atoms with Crippen molar-refractivity contribution in [3.05, 3.63) is 118 Å². The summed E-state index contributed by atoms with van der Waals surface area (Å²) in [6.45, 7) is 3.99. The maximum Gasteiger partial charge on any atom is 0.264 e. The predicted molar refractivity (Wildman–Crippen MR) is 195 cm³/mol. The average Bonchev–Trinajstić information content (AvgIpc) is 3.09. The molecule has 1 N–H and O–H groups in total. The van der Waals surface area contributed by atoms with Crippen molar-refractivity contribution in [2.24, 2.45) is 0 Å². The van der Waals surface area contributed by atoms with Gasteiger partial charge in [0.25, 0.3) is 10.0 Å². The number of amides is 2. The number of hydrogen-bond donors (Lipinski definition) is 1. The van der Waals surface area contributed by atoms with Gasteiger partial charge in [0.05, 0.1) is 17.2 Å². The van der Waals surface area contributed by atoms with Crippen molar-refractivity contribution >= 4 is 62.5 Å². The number of carbonyl (C=O) groups is 2. The zero-order valence-corrected chi connectivity index (χ0v) is 30.2. The third-order valence-electron chi connectivity index (χ3n) is 7.54. The maximum absolute atomic E-state index is 14.6. The van der Waals surface area contributed by atoms with E-state index in [9.17, 15) is 18.0 Å². The van der Waals surface area contributed by atoms with E-state index >= 15 is 0 Å². The monoisotopic (exact) mass is 727 g/mol. The molecule has 0 unspecified atom stereocenters. The average molecular weight is 729 g/mol. The van der Waals surface area contributed by atoms with Crippen LogP contribution in [0.2, 0.25) is 10.0 Å². The van der Waals surface area contributed by atoms with Gasteiger partial charge in [-0.05, 0) is 91.4 Å². The summed E-state index contributed by atoms with van der Waals surface area (Å²) in [6, 6.07) is 26.3. The molecule has 4 aromatic carbocycles. The van der Waals surface area contributed by atoms with Crippen molar-refractivity contribution in [2.45, 2.75) is 49.1 Å². The molecule has 254 valence electrons. The smallest absolute Gasteiger partial charge is 0.264 e. The molecule has 8 nitrogen and oxygen atoms in total. The molecule has 0 aliphatic carbocycles. The second-order valence-corrected chi connectivity index (χ2v) is 14.5. The summed E-state index contributed by atoms with van der Waals surface area (Å²) in [5, 5.41) is 3.67. The fraction of sp³-hybridized carbons (Fsp3) is 0.278. The first-order chi connectivity index (χ1) is 23.1. The maximum atomic E-state index is 14.6. The van der Waals surface area contributed by atoms with Crippen LogP contribution in [0, 0.1) is 0 Å². The van der Waals surface area contributed by atoms with Crippen molar-refractivity contribution in [1.29, 1.82) is 0 Å². The molecule has 0 aromatic heterocycles. The van der Waals surface area contributed by atoms with Gasteiger partial charge in [-0.25, -0.2) is 8.42 Å². The van der Waals surface area contributed by atoms with Gasteiger partial charge in [-0.1, -0.05) is 66.5 Å². The van der Waals surface area contributed by atoms with Crippen LogP contribution >= 0.6 is 35.0 Å². The van der Waals surface area contributed by atoms with Crippen LogP contribution in [0.3, 0.4) is 0 Å². The van der Waals surface area contributed by atoms with E-state index in [-0.39, 0.29) is 29.5 Å². The molecule has 0 aliphatic heterocycles. The summed E-state index contributed by atoms with van der Waals surface area (Å²) in [4.78, 5) is 30.7. The van der Waals surface area contributed by atoms with E-state index in [0.29, 0.717) is 40.9 Å². The van der Waals surface area contributed by atoms with Crippen molar-refractivity contribution in [2.75, 3.05) is 30.3 Å². The van der Waals surface area contributed by atoms with Crippen molar-refractivity contribution < 1.29 is 22.7 Å². The number of nitrogens with zero attached hydrogens (tertiary/aromatic N) is 2. The van der Waals surface area contributed by atoms with Gasteiger partial charge in [-0.15, -0.1) is 11.8 Å². The molecule has 0 radical (unpaired) electrons. The number of halogens is 2. The highest BCUT2D eigenvalue weighted by Crippen LogP contribution is 2.29. The van der Waals surface area contributed by atoms with Crippen LogP contribution in [0.5, 0.6) is 5.75 Å².